The second kappa shape index (κ2) is 8.11. The first kappa shape index (κ1) is 21.0. The third-order valence-electron chi connectivity index (χ3n) is 5.06. The van der Waals surface area contributed by atoms with E-state index in [1.54, 1.807) is 37.3 Å². The SMILES string of the molecule is Cc1cc([C@]2(c3ccc(F)c(-c4cncc(Cl)c4)c3)COC(N)=N2)ccc1OC(F)F. The van der Waals surface area contributed by atoms with E-state index in [1.807, 2.05) is 0 Å². The minimum absolute atomic E-state index is 0.0270. The van der Waals surface area contributed by atoms with Gasteiger partial charge in [-0.3, -0.25) is 4.98 Å². The van der Waals surface area contributed by atoms with Gasteiger partial charge < -0.3 is 15.2 Å². The molecule has 31 heavy (non-hydrogen) atoms. The minimum Gasteiger partial charge on any atom is -0.462 e. The summed E-state index contributed by atoms with van der Waals surface area (Å²) in [4.78, 5) is 8.51. The highest BCUT2D eigenvalue weighted by molar-refractivity contribution is 6.30. The molecule has 1 aliphatic heterocycles. The van der Waals surface area contributed by atoms with Crippen molar-refractivity contribution in [1.29, 1.82) is 0 Å². The molecule has 0 saturated heterocycles. The number of hydrogen-bond donors (Lipinski definition) is 1. The molecule has 0 fully saturated rings. The monoisotopic (exact) mass is 447 g/mol. The smallest absolute Gasteiger partial charge is 0.387 e. The average Bonchev–Trinajstić information content (AvgIpc) is 3.12. The van der Waals surface area contributed by atoms with Crippen molar-refractivity contribution in [3.8, 4) is 16.9 Å². The summed E-state index contributed by atoms with van der Waals surface area (Å²) >= 11 is 6.02. The van der Waals surface area contributed by atoms with Crippen molar-refractivity contribution in [3.63, 3.8) is 0 Å². The number of amidine groups is 1. The molecule has 160 valence electrons. The van der Waals surface area contributed by atoms with Crippen molar-refractivity contribution in [2.75, 3.05) is 6.61 Å². The van der Waals surface area contributed by atoms with Gasteiger partial charge in [-0.05, 0) is 53.9 Å². The molecule has 0 amide bonds. The largest absolute Gasteiger partial charge is 0.462 e. The van der Waals surface area contributed by atoms with Crippen molar-refractivity contribution in [3.05, 3.63) is 82.4 Å². The summed E-state index contributed by atoms with van der Waals surface area (Å²) in [7, 11) is 0. The maximum Gasteiger partial charge on any atom is 0.387 e. The molecule has 0 saturated carbocycles. The molecule has 0 radical (unpaired) electrons. The lowest BCUT2D eigenvalue weighted by atomic mass is 9.82. The summed E-state index contributed by atoms with van der Waals surface area (Å²) in [5, 5.41) is 0.369. The number of aliphatic imine (C=N–C) groups is 1. The summed E-state index contributed by atoms with van der Waals surface area (Å²) in [6.07, 6.45) is 2.96. The van der Waals surface area contributed by atoms with Crippen LogP contribution in [0.3, 0.4) is 0 Å². The molecular weight excluding hydrogens is 431 g/mol. The van der Waals surface area contributed by atoms with Crippen LogP contribution >= 0.6 is 11.6 Å². The average molecular weight is 448 g/mol. The highest BCUT2D eigenvalue weighted by Gasteiger charge is 2.40. The van der Waals surface area contributed by atoms with Gasteiger partial charge in [0.05, 0.1) is 5.02 Å². The molecule has 4 rings (SSSR count). The van der Waals surface area contributed by atoms with Gasteiger partial charge in [0.25, 0.3) is 6.02 Å². The van der Waals surface area contributed by atoms with E-state index in [1.165, 1.54) is 24.5 Å². The number of aromatic nitrogens is 1. The molecular formula is C22H17ClF3N3O2. The first-order chi connectivity index (χ1) is 14.8. The zero-order valence-electron chi connectivity index (χ0n) is 16.3. The Morgan fingerprint density at radius 3 is 2.52 bits per heavy atom. The predicted octanol–water partition coefficient (Wildman–Crippen LogP) is 5.04. The molecule has 1 aliphatic rings. The normalized spacial score (nSPS) is 18.1. The molecule has 2 heterocycles. The second-order valence-corrected chi connectivity index (χ2v) is 7.48. The Morgan fingerprint density at radius 1 is 1.13 bits per heavy atom. The second-order valence-electron chi connectivity index (χ2n) is 7.04. The molecule has 5 nitrogen and oxygen atoms in total. The van der Waals surface area contributed by atoms with Crippen LogP contribution in [0.1, 0.15) is 16.7 Å². The van der Waals surface area contributed by atoms with Crippen molar-refractivity contribution in [2.45, 2.75) is 19.1 Å². The summed E-state index contributed by atoms with van der Waals surface area (Å²) < 4.78 is 49.9. The molecule has 0 bridgehead atoms. The van der Waals surface area contributed by atoms with Crippen LogP contribution in [0, 0.1) is 12.7 Å². The van der Waals surface area contributed by atoms with Gasteiger partial charge in [0.1, 0.15) is 18.2 Å². The van der Waals surface area contributed by atoms with E-state index in [0.717, 1.165) is 0 Å². The number of rotatable bonds is 5. The third-order valence-corrected chi connectivity index (χ3v) is 5.27. The van der Waals surface area contributed by atoms with E-state index in [0.29, 0.717) is 27.3 Å². The lowest BCUT2D eigenvalue weighted by Gasteiger charge is -2.27. The fraction of sp³-hybridized carbons (Fsp3) is 0.182. The van der Waals surface area contributed by atoms with Crippen LogP contribution in [-0.4, -0.2) is 24.2 Å². The van der Waals surface area contributed by atoms with E-state index in [2.05, 4.69) is 14.7 Å². The van der Waals surface area contributed by atoms with Crippen molar-refractivity contribution >= 4 is 17.6 Å². The Labute approximate surface area is 181 Å². The molecule has 3 aromatic rings. The van der Waals surface area contributed by atoms with Gasteiger partial charge in [0.2, 0.25) is 0 Å². The summed E-state index contributed by atoms with van der Waals surface area (Å²) in [5.41, 5.74) is 7.23. The van der Waals surface area contributed by atoms with Gasteiger partial charge in [-0.1, -0.05) is 23.7 Å². The molecule has 1 atom stereocenters. The minimum atomic E-state index is -2.94. The van der Waals surface area contributed by atoms with E-state index in [4.69, 9.17) is 22.1 Å². The van der Waals surface area contributed by atoms with Crippen LogP contribution in [0.2, 0.25) is 5.02 Å². The van der Waals surface area contributed by atoms with Gasteiger partial charge in [0, 0.05) is 23.5 Å². The number of nitrogens with two attached hydrogens (primary N) is 1. The van der Waals surface area contributed by atoms with Crippen LogP contribution in [0.5, 0.6) is 5.75 Å². The highest BCUT2D eigenvalue weighted by Crippen LogP contribution is 2.41. The number of nitrogens with zero attached hydrogens (tertiary/aromatic N) is 2. The molecule has 2 aromatic carbocycles. The Morgan fingerprint density at radius 2 is 1.87 bits per heavy atom. The summed E-state index contributed by atoms with van der Waals surface area (Å²) in [6.45, 7) is -1.23. The van der Waals surface area contributed by atoms with Gasteiger partial charge >= 0.3 is 6.61 Å². The first-order valence-corrected chi connectivity index (χ1v) is 9.61. The maximum atomic E-state index is 14.7. The predicted molar refractivity (Wildman–Crippen MR) is 111 cm³/mol. The van der Waals surface area contributed by atoms with Crippen LogP contribution < -0.4 is 10.5 Å². The number of ether oxygens (including phenoxy) is 2. The van der Waals surface area contributed by atoms with Gasteiger partial charge in [-0.2, -0.15) is 8.78 Å². The van der Waals surface area contributed by atoms with E-state index in [-0.39, 0.29) is 23.9 Å². The molecule has 2 N–H and O–H groups in total. The number of benzene rings is 2. The lowest BCUT2D eigenvalue weighted by molar-refractivity contribution is -0.0503. The molecule has 0 spiro atoms. The fourth-order valence-electron chi connectivity index (χ4n) is 3.59. The molecule has 1 aromatic heterocycles. The van der Waals surface area contributed by atoms with Crippen LogP contribution in [0.25, 0.3) is 11.1 Å². The quantitative estimate of drug-likeness (QED) is 0.595. The zero-order chi connectivity index (χ0) is 22.2. The van der Waals surface area contributed by atoms with Crippen molar-refractivity contribution < 1.29 is 22.6 Å². The van der Waals surface area contributed by atoms with E-state index >= 15 is 0 Å². The number of aryl methyl sites for hydroxylation is 1. The molecule has 0 aliphatic carbocycles. The number of pyridine rings is 1. The van der Waals surface area contributed by atoms with Crippen molar-refractivity contribution in [2.24, 2.45) is 10.7 Å². The Bertz CT molecular complexity index is 1170. The third kappa shape index (κ3) is 4.03. The molecule has 9 heteroatoms. The number of alkyl halides is 2. The van der Waals surface area contributed by atoms with Gasteiger partial charge in [0.15, 0.2) is 5.54 Å². The van der Waals surface area contributed by atoms with E-state index in [9.17, 15) is 13.2 Å². The summed E-state index contributed by atoms with van der Waals surface area (Å²) in [5.74, 6) is -0.412. The Kier molecular flexibility index (Phi) is 5.49. The van der Waals surface area contributed by atoms with Gasteiger partial charge in [-0.15, -0.1) is 0 Å². The van der Waals surface area contributed by atoms with E-state index < -0.39 is 18.0 Å². The first-order valence-electron chi connectivity index (χ1n) is 9.23. The topological polar surface area (TPSA) is 69.7 Å². The van der Waals surface area contributed by atoms with Crippen molar-refractivity contribution in [1.82, 2.24) is 4.98 Å². The number of hydrogen-bond acceptors (Lipinski definition) is 5. The fourth-order valence-corrected chi connectivity index (χ4v) is 3.77. The van der Waals surface area contributed by atoms with Crippen LogP contribution in [0.15, 0.2) is 59.9 Å². The number of halogens is 4. The standard InChI is InChI=1S/C22H17ClF3N3O2/c1-12-6-14(3-5-19(12)31-20(25)26)22(11-30-21(27)29-22)15-2-4-18(24)17(8-15)13-7-16(23)10-28-9-13/h2-10,20H,11H2,1H3,(H2,27,29)/t22-/m0/s1. The lowest BCUT2D eigenvalue weighted by Crippen LogP contribution is -2.27. The molecule has 0 unspecified atom stereocenters. The van der Waals surface area contributed by atoms with Crippen LogP contribution in [-0.2, 0) is 10.3 Å². The Balaban J connectivity index is 1.85. The highest BCUT2D eigenvalue weighted by atomic mass is 35.5. The summed E-state index contributed by atoms with van der Waals surface area (Å²) in [6, 6.07) is 10.8. The zero-order valence-corrected chi connectivity index (χ0v) is 17.0. The maximum absolute atomic E-state index is 14.7. The van der Waals surface area contributed by atoms with Gasteiger partial charge in [-0.25, -0.2) is 9.38 Å². The Hall–Kier alpha value is -3.26. The van der Waals surface area contributed by atoms with Crippen LogP contribution in [0.4, 0.5) is 13.2 Å².